The summed E-state index contributed by atoms with van der Waals surface area (Å²) in [6.07, 6.45) is 6.69. The highest BCUT2D eigenvalue weighted by atomic mass is 79.9. The highest BCUT2D eigenvalue weighted by Gasteiger charge is 2.10. The second kappa shape index (κ2) is 5.58. The van der Waals surface area contributed by atoms with Crippen LogP contribution in [-0.4, -0.2) is 25.9 Å². The average Bonchev–Trinajstić information content (AvgIpc) is 2.90. The molecule has 0 atom stereocenters. The molecule has 5 nitrogen and oxygen atoms in total. The van der Waals surface area contributed by atoms with Crippen molar-refractivity contribution >= 4 is 27.4 Å². The molecule has 0 radical (unpaired) electrons. The van der Waals surface area contributed by atoms with Crippen molar-refractivity contribution < 1.29 is 0 Å². The quantitative estimate of drug-likeness (QED) is 0.796. The lowest BCUT2D eigenvalue weighted by Gasteiger charge is -2.06. The Kier molecular flexibility index (Phi) is 3.64. The van der Waals surface area contributed by atoms with E-state index in [0.29, 0.717) is 5.82 Å². The van der Waals surface area contributed by atoms with Crippen LogP contribution in [0.1, 0.15) is 13.3 Å². The summed E-state index contributed by atoms with van der Waals surface area (Å²) in [5.41, 5.74) is 1.65. The van der Waals surface area contributed by atoms with Crippen LogP contribution < -0.4 is 5.32 Å². The van der Waals surface area contributed by atoms with Gasteiger partial charge in [-0.15, -0.1) is 0 Å². The molecule has 0 aliphatic carbocycles. The zero-order valence-corrected chi connectivity index (χ0v) is 12.6. The predicted octanol–water partition coefficient (Wildman–Crippen LogP) is 3.38. The summed E-state index contributed by atoms with van der Waals surface area (Å²) >= 11 is 3.45. The molecule has 0 fully saturated rings. The molecule has 102 valence electrons. The van der Waals surface area contributed by atoms with Crippen LogP contribution in [0.2, 0.25) is 0 Å². The maximum atomic E-state index is 4.53. The van der Waals surface area contributed by atoms with Gasteiger partial charge in [-0.05, 0) is 34.5 Å². The molecule has 0 bridgehead atoms. The number of nitrogens with zero attached hydrogens (tertiary/aromatic N) is 4. The van der Waals surface area contributed by atoms with Crippen molar-refractivity contribution in [3.8, 4) is 11.5 Å². The van der Waals surface area contributed by atoms with Crippen LogP contribution in [0.15, 0.2) is 41.3 Å². The Morgan fingerprint density at radius 1 is 1.30 bits per heavy atom. The third-order valence-electron chi connectivity index (χ3n) is 2.88. The summed E-state index contributed by atoms with van der Waals surface area (Å²) in [7, 11) is 0. The van der Waals surface area contributed by atoms with E-state index in [0.717, 1.165) is 34.6 Å². The summed E-state index contributed by atoms with van der Waals surface area (Å²) in [4.78, 5) is 13.4. The van der Waals surface area contributed by atoms with E-state index >= 15 is 0 Å². The Balaban J connectivity index is 2.00. The van der Waals surface area contributed by atoms with E-state index in [1.165, 1.54) is 0 Å². The smallest absolute Gasteiger partial charge is 0.181 e. The molecule has 0 aliphatic heterocycles. The molecule has 0 amide bonds. The molecule has 3 rings (SSSR count). The molecule has 20 heavy (non-hydrogen) atoms. The SMILES string of the molecule is CCCNc1nc(-c2cn3ccccc3n2)ncc1Br. The largest absolute Gasteiger partial charge is 0.369 e. The van der Waals surface area contributed by atoms with E-state index in [9.17, 15) is 0 Å². The fraction of sp³-hybridized carbons (Fsp3) is 0.214. The Hall–Kier alpha value is -1.95. The molecule has 3 heterocycles. The minimum absolute atomic E-state index is 0.621. The zero-order valence-electron chi connectivity index (χ0n) is 11.0. The van der Waals surface area contributed by atoms with E-state index in [-0.39, 0.29) is 0 Å². The van der Waals surface area contributed by atoms with Crippen LogP contribution in [0.3, 0.4) is 0 Å². The minimum Gasteiger partial charge on any atom is -0.369 e. The van der Waals surface area contributed by atoms with E-state index < -0.39 is 0 Å². The van der Waals surface area contributed by atoms with Crippen molar-refractivity contribution in [2.45, 2.75) is 13.3 Å². The Morgan fingerprint density at radius 3 is 3.00 bits per heavy atom. The van der Waals surface area contributed by atoms with Gasteiger partial charge in [0.2, 0.25) is 0 Å². The number of halogens is 1. The fourth-order valence-corrected chi connectivity index (χ4v) is 2.23. The van der Waals surface area contributed by atoms with Crippen LogP contribution in [0.4, 0.5) is 5.82 Å². The number of hydrogen-bond acceptors (Lipinski definition) is 4. The Labute approximate surface area is 125 Å². The van der Waals surface area contributed by atoms with Crippen LogP contribution in [-0.2, 0) is 0 Å². The monoisotopic (exact) mass is 331 g/mol. The van der Waals surface area contributed by atoms with Crippen LogP contribution in [0.25, 0.3) is 17.2 Å². The molecular weight excluding hydrogens is 318 g/mol. The lowest BCUT2D eigenvalue weighted by molar-refractivity contribution is 0.962. The molecule has 3 aromatic heterocycles. The number of nitrogens with one attached hydrogen (secondary N) is 1. The van der Waals surface area contributed by atoms with E-state index in [1.54, 1.807) is 6.20 Å². The number of pyridine rings is 1. The molecule has 6 heteroatoms. The van der Waals surface area contributed by atoms with Gasteiger partial charge in [0.15, 0.2) is 5.82 Å². The second-order valence-corrected chi connectivity index (χ2v) is 5.26. The first-order valence-electron chi connectivity index (χ1n) is 6.48. The van der Waals surface area contributed by atoms with Gasteiger partial charge in [-0.25, -0.2) is 15.0 Å². The van der Waals surface area contributed by atoms with Gasteiger partial charge in [-0.1, -0.05) is 13.0 Å². The number of imidazole rings is 1. The molecule has 0 aromatic carbocycles. The maximum Gasteiger partial charge on any atom is 0.181 e. The minimum atomic E-state index is 0.621. The number of hydrogen-bond donors (Lipinski definition) is 1. The summed E-state index contributed by atoms with van der Waals surface area (Å²) in [5.74, 6) is 1.42. The van der Waals surface area contributed by atoms with Gasteiger partial charge >= 0.3 is 0 Å². The van der Waals surface area contributed by atoms with Crippen LogP contribution in [0.5, 0.6) is 0 Å². The molecule has 0 aliphatic rings. The predicted molar refractivity (Wildman–Crippen MR) is 82.7 cm³/mol. The third kappa shape index (κ3) is 2.51. The number of aromatic nitrogens is 4. The Morgan fingerprint density at radius 2 is 2.20 bits per heavy atom. The second-order valence-electron chi connectivity index (χ2n) is 4.41. The zero-order chi connectivity index (χ0) is 13.9. The molecular formula is C14H14BrN5. The molecule has 0 unspecified atom stereocenters. The van der Waals surface area contributed by atoms with Gasteiger partial charge in [0.05, 0.1) is 4.47 Å². The van der Waals surface area contributed by atoms with E-state index in [4.69, 9.17) is 0 Å². The van der Waals surface area contributed by atoms with Gasteiger partial charge in [0, 0.05) is 25.1 Å². The van der Waals surface area contributed by atoms with Crippen molar-refractivity contribution in [2.75, 3.05) is 11.9 Å². The summed E-state index contributed by atoms with van der Waals surface area (Å²) in [6.45, 7) is 2.99. The van der Waals surface area contributed by atoms with Crippen molar-refractivity contribution in [2.24, 2.45) is 0 Å². The van der Waals surface area contributed by atoms with Gasteiger partial charge < -0.3 is 9.72 Å². The van der Waals surface area contributed by atoms with Crippen molar-refractivity contribution in [3.63, 3.8) is 0 Å². The highest BCUT2D eigenvalue weighted by Crippen LogP contribution is 2.23. The van der Waals surface area contributed by atoms with Gasteiger partial charge in [0.1, 0.15) is 17.2 Å². The Bertz CT molecular complexity index is 704. The summed E-state index contributed by atoms with van der Waals surface area (Å²) < 4.78 is 2.82. The molecule has 3 aromatic rings. The van der Waals surface area contributed by atoms with Gasteiger partial charge in [0.25, 0.3) is 0 Å². The number of rotatable bonds is 4. The van der Waals surface area contributed by atoms with Gasteiger partial charge in [-0.2, -0.15) is 0 Å². The molecule has 0 saturated carbocycles. The fourth-order valence-electron chi connectivity index (χ4n) is 1.90. The lowest BCUT2D eigenvalue weighted by atomic mass is 10.4. The first-order valence-corrected chi connectivity index (χ1v) is 7.27. The van der Waals surface area contributed by atoms with Crippen molar-refractivity contribution in [1.29, 1.82) is 0 Å². The van der Waals surface area contributed by atoms with Crippen LogP contribution >= 0.6 is 15.9 Å². The third-order valence-corrected chi connectivity index (χ3v) is 3.46. The van der Waals surface area contributed by atoms with Gasteiger partial charge in [-0.3, -0.25) is 0 Å². The maximum absolute atomic E-state index is 4.53. The van der Waals surface area contributed by atoms with E-state index in [2.05, 4.69) is 43.1 Å². The number of anilines is 1. The van der Waals surface area contributed by atoms with Crippen molar-refractivity contribution in [3.05, 3.63) is 41.3 Å². The average molecular weight is 332 g/mol. The van der Waals surface area contributed by atoms with Crippen LogP contribution in [0, 0.1) is 0 Å². The summed E-state index contributed by atoms with van der Waals surface area (Å²) in [5, 5.41) is 3.27. The number of fused-ring (bicyclic) bond motifs is 1. The topological polar surface area (TPSA) is 55.1 Å². The summed E-state index contributed by atoms with van der Waals surface area (Å²) in [6, 6.07) is 5.89. The lowest BCUT2D eigenvalue weighted by Crippen LogP contribution is -2.04. The molecule has 1 N–H and O–H groups in total. The molecule has 0 spiro atoms. The molecule has 0 saturated heterocycles. The van der Waals surface area contributed by atoms with Crippen molar-refractivity contribution in [1.82, 2.24) is 19.4 Å². The normalized spacial score (nSPS) is 10.9. The first-order chi connectivity index (χ1) is 9.78. The standard InChI is InChI=1S/C14H14BrN5/c1-2-6-16-13-10(15)8-17-14(19-13)11-9-20-7-4-3-5-12(20)18-11/h3-5,7-9H,2,6H2,1H3,(H,16,17,19). The first kappa shape index (κ1) is 13.1. The highest BCUT2D eigenvalue weighted by molar-refractivity contribution is 9.10. The van der Waals surface area contributed by atoms with E-state index in [1.807, 2.05) is 35.0 Å².